The van der Waals surface area contributed by atoms with Crippen molar-refractivity contribution in [3.05, 3.63) is 42.0 Å². The summed E-state index contributed by atoms with van der Waals surface area (Å²) in [6, 6.07) is 9.56. The minimum atomic E-state index is -0.533. The number of aliphatic hydroxyl groups excluding tert-OH is 1. The number of morpholine rings is 1. The van der Waals surface area contributed by atoms with E-state index in [-0.39, 0.29) is 12.7 Å². The third kappa shape index (κ3) is 5.26. The first kappa shape index (κ1) is 17.8. The van der Waals surface area contributed by atoms with Crippen LogP contribution in [0.25, 0.3) is 0 Å². The fourth-order valence-corrected chi connectivity index (χ4v) is 3.04. The first-order valence-corrected chi connectivity index (χ1v) is 8.68. The lowest BCUT2D eigenvalue weighted by molar-refractivity contribution is -0.0519. The Morgan fingerprint density at radius 3 is 2.84 bits per heavy atom. The lowest BCUT2D eigenvalue weighted by Crippen LogP contribution is -2.47. The summed E-state index contributed by atoms with van der Waals surface area (Å²) in [5.74, 6) is 2.45. The molecule has 1 fully saturated rings. The van der Waals surface area contributed by atoms with Gasteiger partial charge in [-0.3, -0.25) is 4.90 Å². The third-order valence-electron chi connectivity index (χ3n) is 4.22. The molecule has 0 radical (unpaired) electrons. The number of rotatable bonds is 7. The van der Waals surface area contributed by atoms with E-state index < -0.39 is 6.10 Å². The zero-order chi connectivity index (χ0) is 17.6. The van der Waals surface area contributed by atoms with Crippen LogP contribution in [-0.4, -0.2) is 69.8 Å². The van der Waals surface area contributed by atoms with Crippen molar-refractivity contribution in [2.75, 3.05) is 32.8 Å². The monoisotopic (exact) mass is 346 g/mol. The van der Waals surface area contributed by atoms with Crippen molar-refractivity contribution in [2.24, 2.45) is 0 Å². The van der Waals surface area contributed by atoms with Crippen molar-refractivity contribution in [3.63, 3.8) is 0 Å². The lowest BCUT2D eigenvalue weighted by atomic mass is 10.2. The van der Waals surface area contributed by atoms with Gasteiger partial charge in [0.1, 0.15) is 30.1 Å². The predicted molar refractivity (Wildman–Crippen MR) is 93.6 cm³/mol. The van der Waals surface area contributed by atoms with Crippen LogP contribution in [-0.2, 0) is 11.3 Å². The molecule has 0 amide bonds. The molecule has 2 heterocycles. The van der Waals surface area contributed by atoms with E-state index in [4.69, 9.17) is 9.47 Å². The van der Waals surface area contributed by atoms with E-state index in [2.05, 4.69) is 15.0 Å². The zero-order valence-corrected chi connectivity index (χ0v) is 14.8. The molecular weight excluding hydrogens is 320 g/mol. The van der Waals surface area contributed by atoms with Gasteiger partial charge < -0.3 is 14.6 Å². The van der Waals surface area contributed by atoms with Crippen molar-refractivity contribution in [1.82, 2.24) is 19.7 Å². The minimum absolute atomic E-state index is 0.0517. The largest absolute Gasteiger partial charge is 0.491 e. The summed E-state index contributed by atoms with van der Waals surface area (Å²) in [5.41, 5.74) is 0. The number of hydrogen-bond acceptors (Lipinski definition) is 6. The number of aromatic nitrogens is 3. The Labute approximate surface area is 148 Å². The average molecular weight is 346 g/mol. The van der Waals surface area contributed by atoms with Gasteiger partial charge in [0.15, 0.2) is 0 Å². The molecule has 2 unspecified atom stereocenters. The van der Waals surface area contributed by atoms with E-state index in [1.165, 1.54) is 0 Å². The van der Waals surface area contributed by atoms with Gasteiger partial charge in [-0.25, -0.2) is 9.67 Å². The van der Waals surface area contributed by atoms with E-state index in [0.29, 0.717) is 19.7 Å². The molecule has 0 spiro atoms. The molecule has 0 bridgehead atoms. The highest BCUT2D eigenvalue weighted by molar-refractivity contribution is 5.20. The van der Waals surface area contributed by atoms with Crippen LogP contribution in [0, 0.1) is 13.8 Å². The third-order valence-corrected chi connectivity index (χ3v) is 4.22. The van der Waals surface area contributed by atoms with Crippen molar-refractivity contribution >= 4 is 0 Å². The fraction of sp³-hybridized carbons (Fsp3) is 0.556. The molecular formula is C18H26N4O3. The number of aliphatic hydroxyl groups is 1. The Kier molecular flexibility index (Phi) is 6.01. The maximum absolute atomic E-state index is 10.3. The number of ether oxygens (including phenoxy) is 2. The Morgan fingerprint density at radius 2 is 2.12 bits per heavy atom. The lowest BCUT2D eigenvalue weighted by Gasteiger charge is -2.34. The maximum Gasteiger partial charge on any atom is 0.147 e. The second-order valence-corrected chi connectivity index (χ2v) is 6.42. The molecule has 1 aliphatic rings. The molecule has 3 rings (SSSR count). The van der Waals surface area contributed by atoms with Crippen LogP contribution in [0.15, 0.2) is 30.3 Å². The van der Waals surface area contributed by atoms with Crippen LogP contribution < -0.4 is 4.74 Å². The smallest absolute Gasteiger partial charge is 0.147 e. The van der Waals surface area contributed by atoms with Gasteiger partial charge in [0.05, 0.1) is 19.3 Å². The van der Waals surface area contributed by atoms with Gasteiger partial charge in [0, 0.05) is 19.6 Å². The maximum atomic E-state index is 10.3. The van der Waals surface area contributed by atoms with E-state index in [9.17, 15) is 5.11 Å². The number of para-hydroxylation sites is 1. The molecule has 2 atom stereocenters. The normalized spacial score (nSPS) is 19.7. The summed E-state index contributed by atoms with van der Waals surface area (Å²) in [5, 5.41) is 14.6. The van der Waals surface area contributed by atoms with Gasteiger partial charge in [0.25, 0.3) is 0 Å². The van der Waals surface area contributed by atoms with Crippen molar-refractivity contribution in [2.45, 2.75) is 32.6 Å². The first-order chi connectivity index (χ1) is 12.1. The topological polar surface area (TPSA) is 72.6 Å². The Balaban J connectivity index is 1.45. The highest BCUT2D eigenvalue weighted by atomic mass is 16.5. The molecule has 136 valence electrons. The van der Waals surface area contributed by atoms with Crippen LogP contribution >= 0.6 is 0 Å². The zero-order valence-electron chi connectivity index (χ0n) is 14.8. The van der Waals surface area contributed by atoms with E-state index in [1.54, 1.807) is 0 Å². The van der Waals surface area contributed by atoms with Gasteiger partial charge in [0.2, 0.25) is 0 Å². The highest BCUT2D eigenvalue weighted by Gasteiger charge is 2.23. The molecule has 0 aliphatic carbocycles. The van der Waals surface area contributed by atoms with Crippen LogP contribution in [0.3, 0.4) is 0 Å². The quantitative estimate of drug-likeness (QED) is 0.807. The van der Waals surface area contributed by atoms with Gasteiger partial charge >= 0.3 is 0 Å². The van der Waals surface area contributed by atoms with Crippen LogP contribution in [0.2, 0.25) is 0 Å². The average Bonchev–Trinajstić information content (AvgIpc) is 2.91. The first-order valence-electron chi connectivity index (χ1n) is 8.68. The Hall–Kier alpha value is -1.96. The molecule has 1 saturated heterocycles. The molecule has 1 aromatic heterocycles. The fourth-order valence-electron chi connectivity index (χ4n) is 3.04. The van der Waals surface area contributed by atoms with E-state index in [1.807, 2.05) is 48.9 Å². The minimum Gasteiger partial charge on any atom is -0.491 e. The summed E-state index contributed by atoms with van der Waals surface area (Å²) in [6.45, 7) is 7.61. The van der Waals surface area contributed by atoms with Crippen LogP contribution in [0.4, 0.5) is 0 Å². The predicted octanol–water partition coefficient (Wildman–Crippen LogP) is 1.04. The Bertz CT molecular complexity index is 662. The molecule has 1 N–H and O–H groups in total. The van der Waals surface area contributed by atoms with Crippen LogP contribution in [0.1, 0.15) is 11.6 Å². The molecule has 1 aliphatic heterocycles. The molecule has 2 aromatic rings. The molecule has 7 nitrogen and oxygen atoms in total. The second-order valence-electron chi connectivity index (χ2n) is 6.42. The highest BCUT2D eigenvalue weighted by Crippen LogP contribution is 2.11. The number of nitrogens with zero attached hydrogens (tertiary/aromatic N) is 4. The van der Waals surface area contributed by atoms with Crippen molar-refractivity contribution in [3.8, 4) is 5.75 Å². The number of aryl methyl sites for hydroxylation is 2. The van der Waals surface area contributed by atoms with E-state index in [0.717, 1.165) is 30.5 Å². The second kappa shape index (κ2) is 8.42. The van der Waals surface area contributed by atoms with Gasteiger partial charge in [-0.2, -0.15) is 5.10 Å². The summed E-state index contributed by atoms with van der Waals surface area (Å²) in [7, 11) is 0. The molecule has 25 heavy (non-hydrogen) atoms. The summed E-state index contributed by atoms with van der Waals surface area (Å²) < 4.78 is 13.4. The number of hydrogen-bond donors (Lipinski definition) is 1. The summed E-state index contributed by atoms with van der Waals surface area (Å²) in [6.07, 6.45) is -0.481. The van der Waals surface area contributed by atoms with Crippen molar-refractivity contribution in [1.29, 1.82) is 0 Å². The summed E-state index contributed by atoms with van der Waals surface area (Å²) in [4.78, 5) is 6.54. The van der Waals surface area contributed by atoms with Gasteiger partial charge in [-0.1, -0.05) is 18.2 Å². The number of benzene rings is 1. The van der Waals surface area contributed by atoms with Crippen molar-refractivity contribution < 1.29 is 14.6 Å². The molecule has 1 aromatic carbocycles. The SMILES string of the molecule is Cc1nc(C)n(CC2CN(CC(O)COc3ccccc3)CCO2)n1. The van der Waals surface area contributed by atoms with Crippen LogP contribution in [0.5, 0.6) is 5.75 Å². The van der Waals surface area contributed by atoms with E-state index >= 15 is 0 Å². The standard InChI is InChI=1S/C18H26N4O3/c1-14-19-15(2)22(20-14)12-18-11-21(8-9-24-18)10-16(23)13-25-17-6-4-3-5-7-17/h3-7,16,18,23H,8-13H2,1-2H3. The van der Waals surface area contributed by atoms with Gasteiger partial charge in [-0.05, 0) is 26.0 Å². The molecule has 7 heteroatoms. The van der Waals surface area contributed by atoms with Gasteiger partial charge in [-0.15, -0.1) is 0 Å². The summed E-state index contributed by atoms with van der Waals surface area (Å²) >= 11 is 0. The Morgan fingerprint density at radius 1 is 1.32 bits per heavy atom. The number of β-amino-alcohol motifs (C(OH)–C–C–N with tert-alkyl or cyclic N) is 1. The molecule has 0 saturated carbocycles.